The zero-order valence-corrected chi connectivity index (χ0v) is 9.93. The molecular weight excluding hydrogens is 191 g/mol. The first kappa shape index (κ1) is 11.7. The topological polar surface area (TPSA) is 17.8 Å². The van der Waals surface area contributed by atoms with Gasteiger partial charge in [-0.2, -0.15) is 5.10 Å². The van der Waals surface area contributed by atoms with Crippen LogP contribution in [-0.4, -0.2) is 9.78 Å². The summed E-state index contributed by atoms with van der Waals surface area (Å²) >= 11 is 0. The van der Waals surface area contributed by atoms with Gasteiger partial charge in [0.1, 0.15) is 5.82 Å². The minimum atomic E-state index is -0.163. The van der Waals surface area contributed by atoms with Crippen molar-refractivity contribution in [3.63, 3.8) is 0 Å². The molecule has 2 aromatic rings. The number of hydrogen-bond donors (Lipinski definition) is 0. The lowest BCUT2D eigenvalue weighted by molar-refractivity contribution is 0.620. The van der Waals surface area contributed by atoms with Crippen LogP contribution in [0.15, 0.2) is 12.1 Å². The van der Waals surface area contributed by atoms with Crippen LogP contribution in [0, 0.1) is 19.7 Å². The van der Waals surface area contributed by atoms with E-state index in [4.69, 9.17) is 0 Å². The van der Waals surface area contributed by atoms with E-state index in [1.807, 2.05) is 33.9 Å². The van der Waals surface area contributed by atoms with Crippen molar-refractivity contribution in [3.05, 3.63) is 29.2 Å². The van der Waals surface area contributed by atoms with Gasteiger partial charge in [-0.3, -0.25) is 4.68 Å². The Kier molecular flexibility index (Phi) is 3.45. The third kappa shape index (κ3) is 2.01. The fraction of sp³-hybridized carbons (Fsp3) is 0.417. The van der Waals surface area contributed by atoms with E-state index in [2.05, 4.69) is 5.10 Å². The summed E-state index contributed by atoms with van der Waals surface area (Å²) in [5.41, 5.74) is 2.52. The Bertz CT molecular complexity index is 430. The second kappa shape index (κ2) is 4.43. The van der Waals surface area contributed by atoms with Gasteiger partial charge in [-0.1, -0.05) is 13.8 Å². The lowest BCUT2D eigenvalue weighted by Crippen LogP contribution is -1.90. The summed E-state index contributed by atoms with van der Waals surface area (Å²) in [6.45, 7) is 7.65. The second-order valence-electron chi connectivity index (χ2n) is 3.33. The van der Waals surface area contributed by atoms with Crippen molar-refractivity contribution < 1.29 is 4.39 Å². The van der Waals surface area contributed by atoms with Crippen LogP contribution in [0.2, 0.25) is 0 Å². The van der Waals surface area contributed by atoms with Crippen LogP contribution in [0.25, 0.3) is 10.9 Å². The SMILES string of the molecule is CC.Cc1cc2c(cc1F)c(C)nn2C. The second-order valence-corrected chi connectivity index (χ2v) is 3.33. The van der Waals surface area contributed by atoms with Crippen LogP contribution in [0.5, 0.6) is 0 Å². The molecule has 1 aromatic heterocycles. The van der Waals surface area contributed by atoms with Gasteiger partial charge in [0.25, 0.3) is 0 Å². The minimum Gasteiger partial charge on any atom is -0.268 e. The predicted molar refractivity (Wildman–Crippen MR) is 61.5 cm³/mol. The summed E-state index contributed by atoms with van der Waals surface area (Å²) in [4.78, 5) is 0. The van der Waals surface area contributed by atoms with Crippen molar-refractivity contribution in [1.29, 1.82) is 0 Å². The fourth-order valence-corrected chi connectivity index (χ4v) is 1.56. The van der Waals surface area contributed by atoms with Crippen molar-refractivity contribution >= 4 is 10.9 Å². The first-order valence-corrected chi connectivity index (χ1v) is 5.19. The Hall–Kier alpha value is -1.38. The Labute approximate surface area is 89.7 Å². The summed E-state index contributed by atoms with van der Waals surface area (Å²) in [6, 6.07) is 3.37. The highest BCUT2D eigenvalue weighted by Gasteiger charge is 2.07. The van der Waals surface area contributed by atoms with E-state index in [1.54, 1.807) is 17.7 Å². The van der Waals surface area contributed by atoms with Gasteiger partial charge in [-0.05, 0) is 31.5 Å². The van der Waals surface area contributed by atoms with E-state index in [0.717, 1.165) is 16.6 Å². The third-order valence-electron chi connectivity index (χ3n) is 2.32. The van der Waals surface area contributed by atoms with Gasteiger partial charge in [-0.25, -0.2) is 4.39 Å². The fourth-order valence-electron chi connectivity index (χ4n) is 1.56. The molecule has 2 rings (SSSR count). The quantitative estimate of drug-likeness (QED) is 0.649. The highest BCUT2D eigenvalue weighted by Crippen LogP contribution is 2.20. The molecule has 1 heterocycles. The molecule has 0 radical (unpaired) electrons. The Balaban J connectivity index is 0.000000531. The van der Waals surface area contributed by atoms with Crippen molar-refractivity contribution in [3.8, 4) is 0 Å². The van der Waals surface area contributed by atoms with Crippen molar-refractivity contribution in [2.75, 3.05) is 0 Å². The maximum absolute atomic E-state index is 13.2. The molecule has 0 bridgehead atoms. The molecule has 0 aliphatic heterocycles. The molecular formula is C12H17FN2. The Morgan fingerprint density at radius 1 is 1.20 bits per heavy atom. The molecule has 82 valence electrons. The van der Waals surface area contributed by atoms with Gasteiger partial charge >= 0.3 is 0 Å². The highest BCUT2D eigenvalue weighted by atomic mass is 19.1. The highest BCUT2D eigenvalue weighted by molar-refractivity contribution is 5.82. The average Bonchev–Trinajstić information content (AvgIpc) is 2.48. The molecule has 0 unspecified atom stereocenters. The lowest BCUT2D eigenvalue weighted by atomic mass is 10.1. The van der Waals surface area contributed by atoms with E-state index >= 15 is 0 Å². The van der Waals surface area contributed by atoms with Gasteiger partial charge in [0.05, 0.1) is 11.2 Å². The van der Waals surface area contributed by atoms with Crippen molar-refractivity contribution in [2.24, 2.45) is 7.05 Å². The van der Waals surface area contributed by atoms with Crippen LogP contribution >= 0.6 is 0 Å². The number of aromatic nitrogens is 2. The van der Waals surface area contributed by atoms with E-state index in [-0.39, 0.29) is 5.82 Å². The molecule has 0 spiro atoms. The monoisotopic (exact) mass is 208 g/mol. The molecule has 0 saturated heterocycles. The number of aryl methyl sites for hydroxylation is 3. The lowest BCUT2D eigenvalue weighted by Gasteiger charge is -1.97. The predicted octanol–water partition coefficient (Wildman–Crippen LogP) is 3.36. The first-order chi connectivity index (χ1) is 7.09. The maximum atomic E-state index is 13.2. The van der Waals surface area contributed by atoms with Gasteiger partial charge in [0, 0.05) is 12.4 Å². The van der Waals surface area contributed by atoms with Crippen molar-refractivity contribution in [2.45, 2.75) is 27.7 Å². The number of fused-ring (bicyclic) bond motifs is 1. The summed E-state index contributed by atoms with van der Waals surface area (Å²) in [6.07, 6.45) is 0. The largest absolute Gasteiger partial charge is 0.268 e. The third-order valence-corrected chi connectivity index (χ3v) is 2.32. The summed E-state index contributed by atoms with van der Waals surface area (Å²) < 4.78 is 15.0. The van der Waals surface area contributed by atoms with Gasteiger partial charge in [0.15, 0.2) is 0 Å². The zero-order chi connectivity index (χ0) is 11.6. The molecule has 0 atom stereocenters. The van der Waals surface area contributed by atoms with E-state index in [9.17, 15) is 4.39 Å². The van der Waals surface area contributed by atoms with Gasteiger partial charge in [-0.15, -0.1) is 0 Å². The van der Waals surface area contributed by atoms with Crippen LogP contribution in [-0.2, 0) is 7.05 Å². The number of hydrogen-bond acceptors (Lipinski definition) is 1. The molecule has 0 N–H and O–H groups in total. The van der Waals surface area contributed by atoms with Crippen LogP contribution in [0.1, 0.15) is 25.1 Å². The molecule has 3 heteroatoms. The maximum Gasteiger partial charge on any atom is 0.126 e. The summed E-state index contributed by atoms with van der Waals surface area (Å²) in [5.74, 6) is -0.163. The van der Waals surface area contributed by atoms with E-state index < -0.39 is 0 Å². The Morgan fingerprint density at radius 2 is 1.80 bits per heavy atom. The summed E-state index contributed by atoms with van der Waals surface area (Å²) in [5, 5.41) is 5.12. The van der Waals surface area contributed by atoms with E-state index in [0.29, 0.717) is 5.56 Å². The molecule has 15 heavy (non-hydrogen) atoms. The molecule has 2 nitrogen and oxygen atoms in total. The average molecular weight is 208 g/mol. The molecule has 0 aliphatic rings. The number of nitrogens with zero attached hydrogens (tertiary/aromatic N) is 2. The Morgan fingerprint density at radius 3 is 2.40 bits per heavy atom. The number of rotatable bonds is 0. The van der Waals surface area contributed by atoms with Crippen LogP contribution in [0.3, 0.4) is 0 Å². The number of benzene rings is 1. The van der Waals surface area contributed by atoms with Gasteiger partial charge < -0.3 is 0 Å². The smallest absolute Gasteiger partial charge is 0.126 e. The molecule has 0 amide bonds. The minimum absolute atomic E-state index is 0.163. The summed E-state index contributed by atoms with van der Waals surface area (Å²) in [7, 11) is 1.87. The molecule has 1 aromatic carbocycles. The molecule has 0 saturated carbocycles. The standard InChI is InChI=1S/C10H11FN2.C2H6/c1-6-4-10-8(5-9(6)11)7(2)12-13(10)3;1-2/h4-5H,1-3H3;1-2H3. The van der Waals surface area contributed by atoms with Crippen molar-refractivity contribution in [1.82, 2.24) is 9.78 Å². The molecule has 0 aliphatic carbocycles. The normalized spacial score (nSPS) is 10.0. The van der Waals surface area contributed by atoms with Gasteiger partial charge in [0.2, 0.25) is 0 Å². The van der Waals surface area contributed by atoms with E-state index in [1.165, 1.54) is 0 Å². The zero-order valence-electron chi connectivity index (χ0n) is 9.93. The first-order valence-electron chi connectivity index (χ1n) is 5.19. The molecule has 0 fully saturated rings. The van der Waals surface area contributed by atoms with Crippen LogP contribution in [0.4, 0.5) is 4.39 Å². The van der Waals surface area contributed by atoms with Crippen LogP contribution < -0.4 is 0 Å². The number of halogens is 1.